The van der Waals surface area contributed by atoms with Gasteiger partial charge in [-0.2, -0.15) is 0 Å². The summed E-state index contributed by atoms with van der Waals surface area (Å²) in [7, 11) is 0. The van der Waals surface area contributed by atoms with E-state index in [0.29, 0.717) is 0 Å². The molecule has 7 aliphatic rings. The zero-order valence-electron chi connectivity index (χ0n) is 27.1. The topological polar surface area (TPSA) is 0 Å². The second-order valence-electron chi connectivity index (χ2n) is 14.7. The van der Waals surface area contributed by atoms with Crippen molar-refractivity contribution in [1.29, 1.82) is 0 Å². The molecule has 10 atom stereocenters. The van der Waals surface area contributed by atoms with Gasteiger partial charge in [-0.05, 0) is 104 Å². The quantitative estimate of drug-likeness (QED) is 0.245. The van der Waals surface area contributed by atoms with Crippen molar-refractivity contribution in [2.75, 3.05) is 0 Å². The molecule has 0 bridgehead atoms. The van der Waals surface area contributed by atoms with Gasteiger partial charge in [-0.1, -0.05) is 154 Å². The first-order valence-electron chi connectivity index (χ1n) is 17.7. The zero-order chi connectivity index (χ0) is 25.3. The van der Waals surface area contributed by atoms with E-state index in [9.17, 15) is 0 Å². The second kappa shape index (κ2) is 26.3. The molecular weight excluding hydrogens is 513 g/mol. The second-order valence-corrected chi connectivity index (χ2v) is 14.7. The van der Waals surface area contributed by atoms with Gasteiger partial charge >= 0.3 is 0 Å². The minimum atomic E-state index is 0. The van der Waals surface area contributed by atoms with E-state index in [1.165, 1.54) is 55.8 Å². The van der Waals surface area contributed by atoms with E-state index in [1.54, 1.807) is 109 Å². The Hall–Kier alpha value is 0.195. The Labute approximate surface area is 282 Å². The Bertz CT molecular complexity index is 589. The maximum atomic E-state index is 2.44. The Morgan fingerprint density at radius 1 is 0.302 bits per heavy atom. The first-order valence-corrected chi connectivity index (χ1v) is 17.7. The highest BCUT2D eigenvalue weighted by Gasteiger charge is 2.44. The van der Waals surface area contributed by atoms with Gasteiger partial charge in [0.15, 0.2) is 0 Å². The molecule has 0 aromatic rings. The number of hydrogen-bond acceptors (Lipinski definition) is 0. The summed E-state index contributed by atoms with van der Waals surface area (Å²) in [6, 6.07) is 0. The van der Waals surface area contributed by atoms with Gasteiger partial charge in [0.25, 0.3) is 0 Å². The lowest BCUT2D eigenvalue weighted by Crippen LogP contribution is -2.26. The highest BCUT2D eigenvalue weighted by atomic mass is 14.5. The summed E-state index contributed by atoms with van der Waals surface area (Å²) in [5, 5.41) is 0. The van der Waals surface area contributed by atoms with E-state index in [0.717, 1.165) is 35.5 Å². The van der Waals surface area contributed by atoms with Crippen LogP contribution < -0.4 is 0 Å². The number of fused-ring (bicyclic) bond motifs is 5. The molecule has 251 valence electrons. The molecular formula is C40H82B3. The highest BCUT2D eigenvalue weighted by molar-refractivity contribution is 5.76. The molecule has 0 aliphatic heterocycles. The van der Waals surface area contributed by atoms with Gasteiger partial charge in [0.2, 0.25) is 0 Å². The third kappa shape index (κ3) is 14.2. The molecule has 7 aliphatic carbocycles. The van der Waals surface area contributed by atoms with Crippen molar-refractivity contribution in [2.45, 2.75) is 199 Å². The van der Waals surface area contributed by atoms with Gasteiger partial charge in [-0.25, -0.2) is 0 Å². The van der Waals surface area contributed by atoms with Crippen LogP contribution in [0, 0.1) is 59.2 Å². The highest BCUT2D eigenvalue weighted by Crippen LogP contribution is 2.54. The fraction of sp³-hybridized carbons (Fsp3) is 1.00. The third-order valence-corrected chi connectivity index (χ3v) is 12.4. The molecule has 0 N–H and O–H groups in total. The van der Waals surface area contributed by atoms with Crippen molar-refractivity contribution in [3.8, 4) is 0 Å². The van der Waals surface area contributed by atoms with Gasteiger partial charge < -0.3 is 0 Å². The molecule has 0 aromatic carbocycles. The van der Waals surface area contributed by atoms with E-state index >= 15 is 0 Å². The molecule has 0 spiro atoms. The van der Waals surface area contributed by atoms with E-state index in [4.69, 9.17) is 0 Å². The molecule has 43 heavy (non-hydrogen) atoms. The van der Waals surface area contributed by atoms with E-state index in [2.05, 4.69) is 13.8 Å². The average Bonchev–Trinajstić information content (AvgIpc) is 3.54. The van der Waals surface area contributed by atoms with Gasteiger partial charge in [0.1, 0.15) is 0 Å². The molecule has 3 heteroatoms. The van der Waals surface area contributed by atoms with Crippen molar-refractivity contribution in [1.82, 2.24) is 0 Å². The van der Waals surface area contributed by atoms with E-state index in [-0.39, 0.29) is 54.9 Å². The van der Waals surface area contributed by atoms with Crippen molar-refractivity contribution >= 4 is 25.2 Å². The van der Waals surface area contributed by atoms with Crippen molar-refractivity contribution in [2.24, 2.45) is 59.2 Å². The Morgan fingerprint density at radius 3 is 1.02 bits per heavy atom. The molecule has 7 saturated carbocycles. The molecule has 0 heterocycles. The molecule has 10 unspecified atom stereocenters. The monoisotopic (exact) mass is 596 g/mol. The SMILES string of the molecule is C.C.C.C.C1CCC2C(C1)CC1CCCCC12.CC.CC1CCC2CCCC2C1.CC1CCC2CCCCC2C1.[B].[B].[B]. The smallest absolute Gasteiger partial charge is 0 e. The molecule has 9 radical (unpaired) electrons. The lowest BCUT2D eigenvalue weighted by Gasteiger charge is -2.38. The summed E-state index contributed by atoms with van der Waals surface area (Å²) >= 11 is 0. The predicted molar refractivity (Wildman–Crippen MR) is 203 cm³/mol. The Morgan fingerprint density at radius 2 is 0.605 bits per heavy atom. The number of rotatable bonds is 0. The van der Waals surface area contributed by atoms with Gasteiger partial charge in [-0.15, -0.1) is 0 Å². The summed E-state index contributed by atoms with van der Waals surface area (Å²) < 4.78 is 0. The summed E-state index contributed by atoms with van der Waals surface area (Å²) in [5.41, 5.74) is 0. The molecule has 0 amide bonds. The molecule has 7 fully saturated rings. The van der Waals surface area contributed by atoms with Crippen LogP contribution in [0.2, 0.25) is 0 Å². The van der Waals surface area contributed by atoms with Gasteiger partial charge in [-0.3, -0.25) is 0 Å². The summed E-state index contributed by atoms with van der Waals surface area (Å²) in [6.45, 7) is 8.86. The van der Waals surface area contributed by atoms with Crippen LogP contribution in [0.3, 0.4) is 0 Å². The van der Waals surface area contributed by atoms with Crippen LogP contribution in [0.5, 0.6) is 0 Å². The van der Waals surface area contributed by atoms with Crippen molar-refractivity contribution < 1.29 is 0 Å². The molecule has 0 saturated heterocycles. The summed E-state index contributed by atoms with van der Waals surface area (Å²) in [4.78, 5) is 0. The van der Waals surface area contributed by atoms with E-state index < -0.39 is 0 Å². The lowest BCUT2D eigenvalue weighted by atomic mass is 9.68. The van der Waals surface area contributed by atoms with Crippen LogP contribution >= 0.6 is 0 Å². The van der Waals surface area contributed by atoms with Crippen LogP contribution in [-0.2, 0) is 0 Å². The average molecular weight is 596 g/mol. The van der Waals surface area contributed by atoms with Crippen LogP contribution in [0.4, 0.5) is 0 Å². The van der Waals surface area contributed by atoms with Crippen LogP contribution in [0.25, 0.3) is 0 Å². The summed E-state index contributed by atoms with van der Waals surface area (Å²) in [6.07, 6.45) is 34.1. The van der Waals surface area contributed by atoms with E-state index in [1.807, 2.05) is 13.8 Å². The minimum Gasteiger partial charge on any atom is -0.0776 e. The minimum absolute atomic E-state index is 0. The maximum Gasteiger partial charge on any atom is 0 e. The predicted octanol–water partition coefficient (Wildman–Crippen LogP) is 13.3. The maximum absolute atomic E-state index is 2.44. The van der Waals surface area contributed by atoms with Crippen LogP contribution in [0.1, 0.15) is 199 Å². The first kappa shape index (κ1) is 50.1. The van der Waals surface area contributed by atoms with Gasteiger partial charge in [0.05, 0.1) is 0 Å². The van der Waals surface area contributed by atoms with Gasteiger partial charge in [0, 0.05) is 25.2 Å². The Balaban J connectivity index is -0.000000240. The number of hydrogen-bond donors (Lipinski definition) is 0. The first-order chi connectivity index (χ1) is 17.7. The van der Waals surface area contributed by atoms with Crippen molar-refractivity contribution in [3.63, 3.8) is 0 Å². The normalized spacial score (nSPS) is 37.7. The molecule has 7 rings (SSSR count). The largest absolute Gasteiger partial charge is 0.0776 e. The summed E-state index contributed by atoms with van der Waals surface area (Å²) in [5.74, 6) is 11.3. The fourth-order valence-corrected chi connectivity index (χ4v) is 10.6. The standard InChI is InChI=1S/C13H22.C11H20.C10H18.C2H6.4CH4.3B/c1-3-7-12-10(5-1)9-11-6-2-4-8-13(11)12;1-9-6-7-10-4-2-3-5-11(10)8-9;1-8-5-6-9-3-2-4-10(9)7-8;1-2;;;;;;;/h10-13H,1-9H2;9-11H,2-8H2,1H3;8-10H,2-7H2,1H3;1-2H3;4*1H4;;;. The fourth-order valence-electron chi connectivity index (χ4n) is 10.6. The van der Waals surface area contributed by atoms with Crippen LogP contribution in [0.15, 0.2) is 0 Å². The van der Waals surface area contributed by atoms with Crippen LogP contribution in [-0.4, -0.2) is 25.2 Å². The molecule has 0 nitrogen and oxygen atoms in total. The molecule has 0 aromatic heterocycles. The zero-order valence-corrected chi connectivity index (χ0v) is 27.1. The third-order valence-electron chi connectivity index (χ3n) is 12.4. The Kier molecular flexibility index (Phi) is 30.6. The van der Waals surface area contributed by atoms with Crippen molar-refractivity contribution in [3.05, 3.63) is 0 Å². The lowest BCUT2D eigenvalue weighted by molar-refractivity contribution is 0.137.